The molecule has 1 aromatic carbocycles. The minimum absolute atomic E-state index is 0.331. The first-order valence-corrected chi connectivity index (χ1v) is 8.83. The summed E-state index contributed by atoms with van der Waals surface area (Å²) in [7, 11) is -0.361. The second-order valence-electron chi connectivity index (χ2n) is 6.86. The smallest absolute Gasteiger partial charge is 0.494 e. The van der Waals surface area contributed by atoms with E-state index in [0.29, 0.717) is 0 Å². The Hall–Kier alpha value is -0.515. The predicted octanol–water partition coefficient (Wildman–Crippen LogP) is 4.32. The topological polar surface area (TPSA) is 27.7 Å². The van der Waals surface area contributed by atoms with Crippen molar-refractivity contribution in [2.75, 3.05) is 6.61 Å². The number of hydrogen-bond acceptors (Lipinski definition) is 3. The van der Waals surface area contributed by atoms with E-state index in [1.54, 1.807) is 0 Å². The molecular formula is C17H26BBrO3. The molecule has 0 spiro atoms. The molecule has 0 unspecified atom stereocenters. The van der Waals surface area contributed by atoms with Crippen molar-refractivity contribution in [1.82, 2.24) is 0 Å². The van der Waals surface area contributed by atoms with E-state index in [1.807, 2.05) is 18.2 Å². The van der Waals surface area contributed by atoms with Gasteiger partial charge in [0.05, 0.1) is 17.8 Å². The number of rotatable bonds is 6. The molecule has 1 aliphatic rings. The summed E-state index contributed by atoms with van der Waals surface area (Å²) in [6.07, 6.45) is 3.47. The van der Waals surface area contributed by atoms with Gasteiger partial charge < -0.3 is 14.0 Å². The standard InChI is InChI=1S/C17H26BBrO3/c1-6-7-8-9-20-15-11-13(10-14(19)12-15)18-21-16(2,3)17(4,5)22-18/h10-12H,6-9H2,1-5H3. The Morgan fingerprint density at radius 3 is 2.27 bits per heavy atom. The quantitative estimate of drug-likeness (QED) is 0.552. The van der Waals surface area contributed by atoms with Crippen LogP contribution >= 0.6 is 15.9 Å². The van der Waals surface area contributed by atoms with Gasteiger partial charge in [0.25, 0.3) is 0 Å². The monoisotopic (exact) mass is 368 g/mol. The summed E-state index contributed by atoms with van der Waals surface area (Å²) in [4.78, 5) is 0. The van der Waals surface area contributed by atoms with Gasteiger partial charge in [-0.2, -0.15) is 0 Å². The Morgan fingerprint density at radius 1 is 1.05 bits per heavy atom. The van der Waals surface area contributed by atoms with Crippen molar-refractivity contribution in [3.63, 3.8) is 0 Å². The number of hydrogen-bond donors (Lipinski definition) is 0. The molecule has 1 fully saturated rings. The highest BCUT2D eigenvalue weighted by atomic mass is 79.9. The summed E-state index contributed by atoms with van der Waals surface area (Å²) in [6, 6.07) is 6.03. The van der Waals surface area contributed by atoms with Crippen LogP contribution < -0.4 is 10.2 Å². The van der Waals surface area contributed by atoms with Crippen molar-refractivity contribution < 1.29 is 14.0 Å². The molecule has 1 saturated heterocycles. The first-order valence-electron chi connectivity index (χ1n) is 8.04. The third kappa shape index (κ3) is 4.06. The average molecular weight is 369 g/mol. The molecule has 0 saturated carbocycles. The van der Waals surface area contributed by atoms with E-state index in [4.69, 9.17) is 14.0 Å². The third-order valence-corrected chi connectivity index (χ3v) is 4.89. The zero-order valence-electron chi connectivity index (χ0n) is 14.2. The molecule has 1 aliphatic heterocycles. The van der Waals surface area contributed by atoms with E-state index in [-0.39, 0.29) is 18.3 Å². The normalized spacial score (nSPS) is 19.5. The molecular weight excluding hydrogens is 343 g/mol. The largest absolute Gasteiger partial charge is 0.495 e. The van der Waals surface area contributed by atoms with Gasteiger partial charge in [0.2, 0.25) is 0 Å². The molecule has 22 heavy (non-hydrogen) atoms. The molecule has 3 nitrogen and oxygen atoms in total. The Labute approximate surface area is 143 Å². The van der Waals surface area contributed by atoms with Gasteiger partial charge >= 0.3 is 7.12 Å². The highest BCUT2D eigenvalue weighted by Gasteiger charge is 2.51. The molecule has 122 valence electrons. The fraction of sp³-hybridized carbons (Fsp3) is 0.647. The van der Waals surface area contributed by atoms with Crippen LogP contribution in [0, 0.1) is 0 Å². The van der Waals surface area contributed by atoms with E-state index in [1.165, 1.54) is 12.8 Å². The van der Waals surface area contributed by atoms with Gasteiger partial charge in [-0.15, -0.1) is 0 Å². The van der Waals surface area contributed by atoms with Crippen LogP contribution in [0.3, 0.4) is 0 Å². The van der Waals surface area contributed by atoms with Crippen molar-refractivity contribution in [2.45, 2.75) is 65.1 Å². The van der Waals surface area contributed by atoms with Crippen LogP contribution in [0.1, 0.15) is 53.9 Å². The molecule has 5 heteroatoms. The van der Waals surface area contributed by atoms with E-state index >= 15 is 0 Å². The van der Waals surface area contributed by atoms with Gasteiger partial charge in [-0.25, -0.2) is 0 Å². The summed E-state index contributed by atoms with van der Waals surface area (Å²) >= 11 is 3.55. The lowest BCUT2D eigenvalue weighted by molar-refractivity contribution is 0.00578. The van der Waals surface area contributed by atoms with Crippen LogP contribution in [0.25, 0.3) is 0 Å². The van der Waals surface area contributed by atoms with Gasteiger partial charge in [0.1, 0.15) is 5.75 Å². The molecule has 0 aliphatic carbocycles. The molecule has 0 N–H and O–H groups in total. The minimum atomic E-state index is -0.361. The SMILES string of the molecule is CCCCCOc1cc(Br)cc(B2OC(C)(C)C(C)(C)O2)c1. The highest BCUT2D eigenvalue weighted by Crippen LogP contribution is 2.36. The maximum atomic E-state index is 6.10. The van der Waals surface area contributed by atoms with Crippen LogP contribution in [0.5, 0.6) is 5.75 Å². The zero-order chi connectivity index (χ0) is 16.4. The van der Waals surface area contributed by atoms with Crippen molar-refractivity contribution in [2.24, 2.45) is 0 Å². The summed E-state index contributed by atoms with van der Waals surface area (Å²) in [6.45, 7) is 11.2. The summed E-state index contributed by atoms with van der Waals surface area (Å²) in [5.74, 6) is 0.857. The lowest BCUT2D eigenvalue weighted by Crippen LogP contribution is -2.41. The minimum Gasteiger partial charge on any atom is -0.494 e. The highest BCUT2D eigenvalue weighted by molar-refractivity contribution is 9.10. The van der Waals surface area contributed by atoms with Gasteiger partial charge in [-0.1, -0.05) is 35.7 Å². The molecule has 0 bridgehead atoms. The number of benzene rings is 1. The maximum Gasteiger partial charge on any atom is 0.495 e. The molecule has 2 rings (SSSR count). The number of halogens is 1. The molecule has 1 heterocycles. The van der Waals surface area contributed by atoms with Crippen LogP contribution in [0.4, 0.5) is 0 Å². The fourth-order valence-electron chi connectivity index (χ4n) is 2.33. The average Bonchev–Trinajstić information content (AvgIpc) is 2.63. The van der Waals surface area contributed by atoms with Crippen molar-refractivity contribution in [3.05, 3.63) is 22.7 Å². The Balaban J connectivity index is 2.10. The first-order chi connectivity index (χ1) is 10.2. The van der Waals surface area contributed by atoms with E-state index in [2.05, 4.69) is 50.5 Å². The van der Waals surface area contributed by atoms with Crippen LogP contribution in [0.2, 0.25) is 0 Å². The lowest BCUT2D eigenvalue weighted by Gasteiger charge is -2.32. The summed E-state index contributed by atoms with van der Waals surface area (Å²) < 4.78 is 19.0. The molecule has 0 atom stereocenters. The predicted molar refractivity (Wildman–Crippen MR) is 94.9 cm³/mol. The zero-order valence-corrected chi connectivity index (χ0v) is 15.8. The second kappa shape index (κ2) is 6.94. The van der Waals surface area contributed by atoms with Gasteiger partial charge in [-0.05, 0) is 57.8 Å². The van der Waals surface area contributed by atoms with E-state index in [0.717, 1.165) is 28.7 Å². The number of ether oxygens (including phenoxy) is 1. The molecule has 0 aromatic heterocycles. The van der Waals surface area contributed by atoms with E-state index < -0.39 is 0 Å². The Morgan fingerprint density at radius 2 is 1.68 bits per heavy atom. The van der Waals surface area contributed by atoms with Crippen molar-refractivity contribution in [3.8, 4) is 5.75 Å². The molecule has 1 aromatic rings. The number of unbranched alkanes of at least 4 members (excludes halogenated alkanes) is 2. The fourth-order valence-corrected chi connectivity index (χ4v) is 2.81. The van der Waals surface area contributed by atoms with Crippen LogP contribution in [-0.2, 0) is 9.31 Å². The Bertz CT molecular complexity index is 501. The Kier molecular flexibility index (Phi) is 5.62. The van der Waals surface area contributed by atoms with Gasteiger partial charge in [0, 0.05) is 4.47 Å². The van der Waals surface area contributed by atoms with Gasteiger partial charge in [0.15, 0.2) is 0 Å². The van der Waals surface area contributed by atoms with E-state index in [9.17, 15) is 0 Å². The maximum absolute atomic E-state index is 6.10. The summed E-state index contributed by atoms with van der Waals surface area (Å²) in [5, 5.41) is 0. The van der Waals surface area contributed by atoms with Gasteiger partial charge in [-0.3, -0.25) is 0 Å². The van der Waals surface area contributed by atoms with Crippen molar-refractivity contribution >= 4 is 28.5 Å². The molecule has 0 amide bonds. The molecule has 0 radical (unpaired) electrons. The lowest BCUT2D eigenvalue weighted by atomic mass is 9.79. The van der Waals surface area contributed by atoms with Crippen LogP contribution in [-0.4, -0.2) is 24.9 Å². The third-order valence-electron chi connectivity index (χ3n) is 4.44. The first kappa shape index (κ1) is 17.8. The second-order valence-corrected chi connectivity index (χ2v) is 7.78. The van der Waals surface area contributed by atoms with Crippen molar-refractivity contribution in [1.29, 1.82) is 0 Å². The van der Waals surface area contributed by atoms with Crippen LogP contribution in [0.15, 0.2) is 22.7 Å². The summed E-state index contributed by atoms with van der Waals surface area (Å²) in [5.41, 5.74) is 0.322.